The fraction of sp³-hybridized carbons (Fsp3) is 0.769. The Bertz CT molecular complexity index is 387. The van der Waals surface area contributed by atoms with Gasteiger partial charge in [0, 0.05) is 13.0 Å². The number of urea groups is 1. The van der Waals surface area contributed by atoms with E-state index in [0.717, 1.165) is 30.6 Å². The molecule has 0 bridgehead atoms. The van der Waals surface area contributed by atoms with Crippen LogP contribution in [-0.2, 0) is 9.59 Å². The van der Waals surface area contributed by atoms with Gasteiger partial charge in [0.2, 0.25) is 5.91 Å². The van der Waals surface area contributed by atoms with Crippen LogP contribution in [0.2, 0.25) is 0 Å². The van der Waals surface area contributed by atoms with E-state index in [4.69, 9.17) is 5.73 Å². The Hall–Kier alpha value is -1.59. The highest BCUT2D eigenvalue weighted by Gasteiger charge is 2.50. The zero-order chi connectivity index (χ0) is 13.9. The number of nitrogens with two attached hydrogens (primary N) is 1. The summed E-state index contributed by atoms with van der Waals surface area (Å²) < 4.78 is 0. The molecular formula is C13H21N3O3. The smallest absolute Gasteiger partial charge is 0.325 e. The van der Waals surface area contributed by atoms with Crippen molar-refractivity contribution in [3.8, 4) is 0 Å². The molecule has 1 aliphatic heterocycles. The van der Waals surface area contributed by atoms with Crippen molar-refractivity contribution < 1.29 is 14.4 Å². The first-order chi connectivity index (χ1) is 9.05. The van der Waals surface area contributed by atoms with Crippen LogP contribution in [0.4, 0.5) is 4.79 Å². The molecule has 6 heteroatoms. The third-order valence-electron chi connectivity index (χ3n) is 4.03. The molecule has 0 radical (unpaired) electrons. The molecule has 4 amide bonds. The fourth-order valence-corrected chi connectivity index (χ4v) is 2.95. The van der Waals surface area contributed by atoms with Crippen LogP contribution in [0.3, 0.4) is 0 Å². The molecular weight excluding hydrogens is 246 g/mol. The van der Waals surface area contributed by atoms with Crippen LogP contribution in [0, 0.1) is 0 Å². The topological polar surface area (TPSA) is 92.5 Å². The van der Waals surface area contributed by atoms with Gasteiger partial charge in [0.1, 0.15) is 5.54 Å². The number of nitrogens with zero attached hydrogens (tertiary/aromatic N) is 1. The van der Waals surface area contributed by atoms with Gasteiger partial charge in [0.25, 0.3) is 5.91 Å². The normalized spacial score (nSPS) is 23.1. The Kier molecular flexibility index (Phi) is 4.07. The maximum atomic E-state index is 12.5. The number of amides is 4. The minimum Gasteiger partial charge on any atom is -0.370 e. The van der Waals surface area contributed by atoms with Gasteiger partial charge >= 0.3 is 6.03 Å². The van der Waals surface area contributed by atoms with Crippen LogP contribution in [0.1, 0.15) is 51.4 Å². The van der Waals surface area contributed by atoms with E-state index in [1.54, 1.807) is 0 Å². The van der Waals surface area contributed by atoms with Crippen LogP contribution in [0.25, 0.3) is 0 Å². The largest absolute Gasteiger partial charge is 0.370 e. The molecule has 3 N–H and O–H groups in total. The van der Waals surface area contributed by atoms with Gasteiger partial charge < -0.3 is 11.1 Å². The van der Waals surface area contributed by atoms with E-state index in [1.165, 1.54) is 6.42 Å². The molecule has 2 aliphatic rings. The SMILES string of the molecule is NC(=O)CCN1C(=O)NC2(CCCCCCC2)C1=O. The van der Waals surface area contributed by atoms with Gasteiger partial charge in [-0.05, 0) is 12.8 Å². The van der Waals surface area contributed by atoms with E-state index in [1.807, 2.05) is 0 Å². The van der Waals surface area contributed by atoms with Crippen molar-refractivity contribution in [2.45, 2.75) is 56.9 Å². The maximum absolute atomic E-state index is 12.5. The van der Waals surface area contributed by atoms with Crippen molar-refractivity contribution in [3.63, 3.8) is 0 Å². The van der Waals surface area contributed by atoms with Crippen LogP contribution >= 0.6 is 0 Å². The molecule has 1 saturated carbocycles. The van der Waals surface area contributed by atoms with Crippen molar-refractivity contribution in [2.75, 3.05) is 6.54 Å². The Morgan fingerprint density at radius 1 is 1.16 bits per heavy atom. The van der Waals surface area contributed by atoms with Gasteiger partial charge in [-0.3, -0.25) is 14.5 Å². The highest BCUT2D eigenvalue weighted by Crippen LogP contribution is 2.32. The van der Waals surface area contributed by atoms with E-state index in [9.17, 15) is 14.4 Å². The first-order valence-electron chi connectivity index (χ1n) is 6.98. The van der Waals surface area contributed by atoms with Crippen LogP contribution in [0.5, 0.6) is 0 Å². The summed E-state index contributed by atoms with van der Waals surface area (Å²) in [7, 11) is 0. The standard InChI is InChI=1S/C13H21N3O3/c14-10(17)6-9-16-11(18)13(15-12(16)19)7-4-2-1-3-5-8-13/h1-9H2,(H2,14,17)(H,15,19). The highest BCUT2D eigenvalue weighted by molar-refractivity contribution is 6.07. The van der Waals surface area contributed by atoms with Crippen molar-refractivity contribution in [1.29, 1.82) is 0 Å². The molecule has 0 aromatic rings. The van der Waals surface area contributed by atoms with Crippen LogP contribution in [0.15, 0.2) is 0 Å². The number of hydrogen-bond donors (Lipinski definition) is 2. The summed E-state index contributed by atoms with van der Waals surface area (Å²) in [5, 5.41) is 2.85. The summed E-state index contributed by atoms with van der Waals surface area (Å²) in [6.07, 6.45) is 6.73. The minimum atomic E-state index is -0.727. The van der Waals surface area contributed by atoms with E-state index in [2.05, 4.69) is 5.32 Å². The van der Waals surface area contributed by atoms with Crippen molar-refractivity contribution >= 4 is 17.8 Å². The maximum Gasteiger partial charge on any atom is 0.325 e. The summed E-state index contributed by atoms with van der Waals surface area (Å²) in [5.41, 5.74) is 4.34. The Morgan fingerprint density at radius 3 is 2.32 bits per heavy atom. The zero-order valence-corrected chi connectivity index (χ0v) is 11.1. The molecule has 1 saturated heterocycles. The molecule has 1 heterocycles. The molecule has 2 fully saturated rings. The lowest BCUT2D eigenvalue weighted by molar-refractivity contribution is -0.132. The Morgan fingerprint density at radius 2 is 1.74 bits per heavy atom. The molecule has 106 valence electrons. The van der Waals surface area contributed by atoms with Gasteiger partial charge in [0.15, 0.2) is 0 Å². The molecule has 0 aromatic carbocycles. The van der Waals surface area contributed by atoms with Crippen molar-refractivity contribution in [3.05, 3.63) is 0 Å². The number of primary amides is 1. The van der Waals surface area contributed by atoms with Crippen LogP contribution < -0.4 is 11.1 Å². The lowest BCUT2D eigenvalue weighted by atomic mass is 9.84. The summed E-state index contributed by atoms with van der Waals surface area (Å²) in [5.74, 6) is -0.681. The zero-order valence-electron chi connectivity index (χ0n) is 11.1. The van der Waals surface area contributed by atoms with Crippen molar-refractivity contribution in [2.24, 2.45) is 5.73 Å². The van der Waals surface area contributed by atoms with E-state index in [0.29, 0.717) is 12.8 Å². The average Bonchev–Trinajstić information content (AvgIpc) is 2.55. The third kappa shape index (κ3) is 2.88. The summed E-state index contributed by atoms with van der Waals surface area (Å²) in [6.45, 7) is 0.0851. The first-order valence-corrected chi connectivity index (χ1v) is 6.98. The van der Waals surface area contributed by atoms with Crippen LogP contribution in [-0.4, -0.2) is 34.8 Å². The second-order valence-electron chi connectivity index (χ2n) is 5.45. The number of carbonyl (C=O) groups excluding carboxylic acids is 3. The summed E-state index contributed by atoms with van der Waals surface area (Å²) in [6, 6.07) is -0.383. The third-order valence-corrected chi connectivity index (χ3v) is 4.03. The molecule has 2 rings (SSSR count). The number of hydrogen-bond acceptors (Lipinski definition) is 3. The molecule has 1 spiro atoms. The quantitative estimate of drug-likeness (QED) is 0.744. The lowest BCUT2D eigenvalue weighted by Gasteiger charge is -2.28. The van der Waals surface area contributed by atoms with E-state index >= 15 is 0 Å². The number of carbonyl (C=O) groups is 3. The fourth-order valence-electron chi connectivity index (χ4n) is 2.95. The minimum absolute atomic E-state index is 0.0231. The monoisotopic (exact) mass is 267 g/mol. The average molecular weight is 267 g/mol. The van der Waals surface area contributed by atoms with Gasteiger partial charge in [-0.15, -0.1) is 0 Å². The molecule has 0 aromatic heterocycles. The van der Waals surface area contributed by atoms with E-state index in [-0.39, 0.29) is 24.9 Å². The van der Waals surface area contributed by atoms with Gasteiger partial charge in [-0.2, -0.15) is 0 Å². The Balaban J connectivity index is 2.08. The molecule has 19 heavy (non-hydrogen) atoms. The molecule has 0 unspecified atom stereocenters. The lowest BCUT2D eigenvalue weighted by Crippen LogP contribution is -2.47. The van der Waals surface area contributed by atoms with Gasteiger partial charge in [0.05, 0.1) is 0 Å². The van der Waals surface area contributed by atoms with Crippen molar-refractivity contribution in [1.82, 2.24) is 10.2 Å². The number of imide groups is 1. The predicted octanol–water partition coefficient (Wildman–Crippen LogP) is 0.897. The molecule has 0 atom stereocenters. The summed E-state index contributed by atoms with van der Waals surface area (Å²) >= 11 is 0. The summed E-state index contributed by atoms with van der Waals surface area (Å²) in [4.78, 5) is 36.3. The Labute approximate surface area is 112 Å². The highest BCUT2D eigenvalue weighted by atomic mass is 16.2. The van der Waals surface area contributed by atoms with E-state index < -0.39 is 11.4 Å². The molecule has 1 aliphatic carbocycles. The van der Waals surface area contributed by atoms with Gasteiger partial charge in [-0.25, -0.2) is 4.79 Å². The second-order valence-corrected chi connectivity index (χ2v) is 5.45. The number of rotatable bonds is 3. The van der Waals surface area contributed by atoms with Gasteiger partial charge in [-0.1, -0.05) is 32.1 Å². The number of nitrogens with one attached hydrogen (secondary N) is 1. The molecule has 6 nitrogen and oxygen atoms in total. The predicted molar refractivity (Wildman–Crippen MR) is 69.1 cm³/mol. The second kappa shape index (κ2) is 5.59. The first kappa shape index (κ1) is 13.8.